The van der Waals surface area contributed by atoms with Crippen molar-refractivity contribution in [3.05, 3.63) is 0 Å². The molecule has 0 amide bonds. The smallest absolute Gasteiger partial charge is 0.305 e. The first-order chi connectivity index (χ1) is 12.7. The van der Waals surface area contributed by atoms with Crippen molar-refractivity contribution in [1.29, 1.82) is 0 Å². The molecule has 0 saturated carbocycles. The molecule has 1 N–H and O–H groups in total. The molecule has 0 atom stereocenters. The molecule has 3 nitrogen and oxygen atoms in total. The molecule has 26 heavy (non-hydrogen) atoms. The molecule has 0 aliphatic carbocycles. The Morgan fingerprint density at radius 3 is 1.92 bits per heavy atom. The maximum atomic E-state index is 11.9. The fourth-order valence-electron chi connectivity index (χ4n) is 3.49. The Hall–Kier alpha value is -0.570. The normalized spacial score (nSPS) is 11.2. The highest BCUT2D eigenvalue weighted by molar-refractivity contribution is 5.69. The number of nitrogens with one attached hydrogen (secondary N) is 1. The summed E-state index contributed by atoms with van der Waals surface area (Å²) in [5.41, 5.74) is 0. The van der Waals surface area contributed by atoms with E-state index in [0.717, 1.165) is 31.7 Å². The molecule has 156 valence electrons. The molecule has 0 radical (unpaired) electrons. The molecule has 0 aromatic carbocycles. The van der Waals surface area contributed by atoms with Gasteiger partial charge in [0.2, 0.25) is 0 Å². The number of carbonyl (C=O) groups excluding carboxylic acids is 1. The van der Waals surface area contributed by atoms with E-state index >= 15 is 0 Å². The van der Waals surface area contributed by atoms with Crippen LogP contribution in [0.25, 0.3) is 0 Å². The molecule has 0 aliphatic heterocycles. The number of ether oxygens (including phenoxy) is 1. The number of hydrogen-bond acceptors (Lipinski definition) is 3. The minimum absolute atomic E-state index is 0.0149. The van der Waals surface area contributed by atoms with Gasteiger partial charge in [-0.1, -0.05) is 90.9 Å². The lowest BCUT2D eigenvalue weighted by atomic mass is 9.92. The van der Waals surface area contributed by atoms with Gasteiger partial charge in [0.1, 0.15) is 0 Å². The van der Waals surface area contributed by atoms with Gasteiger partial charge in [-0.15, -0.1) is 0 Å². The standard InChI is InChI=1S/C23H47NO2/c1-4-6-12-16-22(17-13-7-5-2)19-21-26-23(25)18-14-10-8-9-11-15-20-24-3/h22,24H,4-21H2,1-3H3. The van der Waals surface area contributed by atoms with Gasteiger partial charge >= 0.3 is 5.97 Å². The third-order valence-corrected chi connectivity index (χ3v) is 5.28. The average molecular weight is 370 g/mol. The second-order valence-corrected chi connectivity index (χ2v) is 7.84. The largest absolute Gasteiger partial charge is 0.466 e. The Kier molecular flexibility index (Phi) is 20.3. The van der Waals surface area contributed by atoms with Crippen LogP contribution in [-0.2, 0) is 9.53 Å². The van der Waals surface area contributed by atoms with Crippen LogP contribution in [0.5, 0.6) is 0 Å². The van der Waals surface area contributed by atoms with Crippen LogP contribution in [0.3, 0.4) is 0 Å². The fourth-order valence-corrected chi connectivity index (χ4v) is 3.49. The highest BCUT2D eigenvalue weighted by Crippen LogP contribution is 2.21. The number of hydrogen-bond donors (Lipinski definition) is 1. The van der Waals surface area contributed by atoms with Crippen LogP contribution < -0.4 is 5.32 Å². The lowest BCUT2D eigenvalue weighted by Crippen LogP contribution is -2.10. The molecule has 0 unspecified atom stereocenters. The first kappa shape index (κ1) is 25.4. The van der Waals surface area contributed by atoms with E-state index in [2.05, 4.69) is 19.2 Å². The van der Waals surface area contributed by atoms with E-state index in [9.17, 15) is 4.79 Å². The van der Waals surface area contributed by atoms with Crippen LogP contribution >= 0.6 is 0 Å². The first-order valence-corrected chi connectivity index (χ1v) is 11.5. The first-order valence-electron chi connectivity index (χ1n) is 11.5. The zero-order valence-electron chi connectivity index (χ0n) is 18.1. The van der Waals surface area contributed by atoms with Crippen LogP contribution in [0, 0.1) is 5.92 Å². The van der Waals surface area contributed by atoms with Crippen molar-refractivity contribution in [2.75, 3.05) is 20.2 Å². The predicted molar refractivity (Wildman–Crippen MR) is 114 cm³/mol. The average Bonchev–Trinajstić information content (AvgIpc) is 2.64. The van der Waals surface area contributed by atoms with Crippen molar-refractivity contribution in [3.63, 3.8) is 0 Å². The van der Waals surface area contributed by atoms with Gasteiger partial charge in [0, 0.05) is 6.42 Å². The molecule has 0 heterocycles. The highest BCUT2D eigenvalue weighted by Gasteiger charge is 2.10. The maximum absolute atomic E-state index is 11.9. The topological polar surface area (TPSA) is 38.3 Å². The zero-order chi connectivity index (χ0) is 19.3. The molecular weight excluding hydrogens is 322 g/mol. The number of rotatable bonds is 20. The van der Waals surface area contributed by atoms with Crippen molar-refractivity contribution >= 4 is 5.97 Å². The van der Waals surface area contributed by atoms with Gasteiger partial charge in [0.25, 0.3) is 0 Å². The van der Waals surface area contributed by atoms with Crippen LogP contribution in [-0.4, -0.2) is 26.2 Å². The van der Waals surface area contributed by atoms with Crippen LogP contribution in [0.1, 0.15) is 117 Å². The summed E-state index contributed by atoms with van der Waals surface area (Å²) >= 11 is 0. The molecule has 0 bridgehead atoms. The summed E-state index contributed by atoms with van der Waals surface area (Å²) in [6.07, 6.45) is 19.4. The fraction of sp³-hybridized carbons (Fsp3) is 0.957. The molecule has 0 aromatic rings. The minimum atomic E-state index is 0.0149. The zero-order valence-corrected chi connectivity index (χ0v) is 18.1. The lowest BCUT2D eigenvalue weighted by Gasteiger charge is -2.16. The third kappa shape index (κ3) is 18.2. The van der Waals surface area contributed by atoms with Gasteiger partial charge in [0.15, 0.2) is 0 Å². The van der Waals surface area contributed by atoms with Crippen LogP contribution in [0.15, 0.2) is 0 Å². The van der Waals surface area contributed by atoms with Gasteiger partial charge in [-0.25, -0.2) is 0 Å². The summed E-state index contributed by atoms with van der Waals surface area (Å²) in [5.74, 6) is 0.763. The maximum Gasteiger partial charge on any atom is 0.305 e. The Labute approximate surface area is 164 Å². The molecule has 3 heteroatoms. The molecule has 0 fully saturated rings. The second-order valence-electron chi connectivity index (χ2n) is 7.84. The van der Waals surface area contributed by atoms with E-state index in [-0.39, 0.29) is 5.97 Å². The Bertz CT molecular complexity index is 284. The van der Waals surface area contributed by atoms with Crippen LogP contribution in [0.4, 0.5) is 0 Å². The van der Waals surface area contributed by atoms with E-state index in [1.54, 1.807) is 0 Å². The van der Waals surface area contributed by atoms with Gasteiger partial charge in [-0.3, -0.25) is 4.79 Å². The summed E-state index contributed by atoms with van der Waals surface area (Å²) in [5, 5.41) is 3.18. The minimum Gasteiger partial charge on any atom is -0.466 e. The van der Waals surface area contributed by atoms with Crippen molar-refractivity contribution in [2.45, 2.75) is 117 Å². The molecule has 0 aromatic heterocycles. The lowest BCUT2D eigenvalue weighted by molar-refractivity contribution is -0.144. The third-order valence-electron chi connectivity index (χ3n) is 5.28. The van der Waals surface area contributed by atoms with Crippen molar-refractivity contribution < 1.29 is 9.53 Å². The highest BCUT2D eigenvalue weighted by atomic mass is 16.5. The molecule has 0 saturated heterocycles. The summed E-state index contributed by atoms with van der Waals surface area (Å²) in [7, 11) is 2.00. The monoisotopic (exact) mass is 369 g/mol. The summed E-state index contributed by atoms with van der Waals surface area (Å²) in [6.45, 7) is 6.27. The predicted octanol–water partition coefficient (Wildman–Crippen LogP) is 6.65. The van der Waals surface area contributed by atoms with Crippen LogP contribution in [0.2, 0.25) is 0 Å². The molecule has 0 spiro atoms. The number of esters is 1. The van der Waals surface area contributed by atoms with E-state index in [1.165, 1.54) is 77.0 Å². The second kappa shape index (κ2) is 20.7. The quantitative estimate of drug-likeness (QED) is 0.193. The van der Waals surface area contributed by atoms with E-state index in [1.807, 2.05) is 7.05 Å². The summed E-state index contributed by atoms with van der Waals surface area (Å²) < 4.78 is 5.50. The number of unbranched alkanes of at least 4 members (excludes halogenated alkanes) is 9. The van der Waals surface area contributed by atoms with Gasteiger partial charge in [-0.2, -0.15) is 0 Å². The number of carbonyl (C=O) groups is 1. The summed E-state index contributed by atoms with van der Waals surface area (Å²) in [6, 6.07) is 0. The van der Waals surface area contributed by atoms with Crippen molar-refractivity contribution in [1.82, 2.24) is 5.32 Å². The molecule has 0 aliphatic rings. The van der Waals surface area contributed by atoms with Gasteiger partial charge in [0.05, 0.1) is 6.61 Å². The molecule has 0 rings (SSSR count). The Morgan fingerprint density at radius 1 is 0.769 bits per heavy atom. The van der Waals surface area contributed by atoms with Gasteiger partial charge in [-0.05, 0) is 38.8 Å². The van der Waals surface area contributed by atoms with Crippen molar-refractivity contribution in [3.8, 4) is 0 Å². The SMILES string of the molecule is CCCCCC(CCCCC)CCOC(=O)CCCCCCCCNC. The Morgan fingerprint density at radius 2 is 1.35 bits per heavy atom. The van der Waals surface area contributed by atoms with E-state index in [0.29, 0.717) is 13.0 Å². The Balaban J connectivity index is 3.65. The summed E-state index contributed by atoms with van der Waals surface area (Å²) in [4.78, 5) is 11.9. The van der Waals surface area contributed by atoms with Crippen molar-refractivity contribution in [2.24, 2.45) is 5.92 Å². The molecular formula is C23H47NO2. The van der Waals surface area contributed by atoms with E-state index in [4.69, 9.17) is 4.74 Å². The van der Waals surface area contributed by atoms with Gasteiger partial charge < -0.3 is 10.1 Å². The van der Waals surface area contributed by atoms with E-state index < -0.39 is 0 Å².